The molecule has 0 spiro atoms. The Kier molecular flexibility index (Phi) is 4.71. The second-order valence-corrected chi connectivity index (χ2v) is 5.66. The molecule has 23 heavy (non-hydrogen) atoms. The summed E-state index contributed by atoms with van der Waals surface area (Å²) in [5, 5.41) is 0. The van der Waals surface area contributed by atoms with Gasteiger partial charge in [-0.15, -0.1) is 0 Å². The Morgan fingerprint density at radius 1 is 1.00 bits per heavy atom. The third-order valence-electron chi connectivity index (χ3n) is 4.02. The van der Waals surface area contributed by atoms with Crippen LogP contribution < -0.4 is 0 Å². The molecule has 1 fully saturated rings. The van der Waals surface area contributed by atoms with Gasteiger partial charge in [0.2, 0.25) is 5.91 Å². The minimum absolute atomic E-state index is 0.00974. The number of nitrogens with zero attached hydrogens (tertiary/aromatic N) is 1. The highest BCUT2D eigenvalue weighted by Gasteiger charge is 2.36. The van der Waals surface area contributed by atoms with Crippen LogP contribution >= 0.6 is 0 Å². The fourth-order valence-electron chi connectivity index (χ4n) is 2.78. The van der Waals surface area contributed by atoms with E-state index in [1.54, 1.807) is 4.90 Å². The third kappa shape index (κ3) is 3.77. The first-order valence-corrected chi connectivity index (χ1v) is 7.78. The molecule has 2 aromatic carbocycles. The summed E-state index contributed by atoms with van der Waals surface area (Å²) in [5.41, 5.74) is 1.96. The van der Waals surface area contributed by atoms with Gasteiger partial charge in [-0.25, -0.2) is 4.79 Å². The predicted octanol–water partition coefficient (Wildman–Crippen LogP) is 2.92. The number of ether oxygens (including phenoxy) is 1. The molecule has 1 aliphatic rings. The van der Waals surface area contributed by atoms with Crippen molar-refractivity contribution in [3.8, 4) is 0 Å². The Morgan fingerprint density at radius 2 is 1.61 bits per heavy atom. The summed E-state index contributed by atoms with van der Waals surface area (Å²) in [6, 6.07) is 18.8. The normalized spacial score (nSPS) is 17.3. The highest BCUT2D eigenvalue weighted by molar-refractivity contribution is 5.88. The van der Waals surface area contributed by atoms with Crippen molar-refractivity contribution in [2.45, 2.75) is 32.0 Å². The molecule has 0 aromatic heterocycles. The molecule has 0 radical (unpaired) electrons. The first kappa shape index (κ1) is 15.3. The van der Waals surface area contributed by atoms with Crippen molar-refractivity contribution in [1.82, 2.24) is 4.90 Å². The second-order valence-electron chi connectivity index (χ2n) is 5.66. The average molecular weight is 309 g/mol. The minimum Gasteiger partial charge on any atom is -0.459 e. The number of likely N-dealkylation sites (tertiary alicyclic amines) is 1. The Morgan fingerprint density at radius 3 is 2.26 bits per heavy atom. The molecule has 1 heterocycles. The Balaban J connectivity index is 1.63. The summed E-state index contributed by atoms with van der Waals surface area (Å²) in [5.74, 6) is -0.314. The second kappa shape index (κ2) is 7.09. The number of carbonyl (C=O) groups excluding carboxylic acids is 2. The zero-order chi connectivity index (χ0) is 16.1. The summed E-state index contributed by atoms with van der Waals surface area (Å²) in [6.07, 6.45) is 0.928. The van der Waals surface area contributed by atoms with Crippen LogP contribution in [0.4, 0.5) is 0 Å². The summed E-state index contributed by atoms with van der Waals surface area (Å²) in [6.45, 7) is 0.689. The number of benzene rings is 2. The van der Waals surface area contributed by atoms with Gasteiger partial charge in [-0.05, 0) is 17.5 Å². The molecule has 0 bridgehead atoms. The Bertz CT molecular complexity index is 670. The van der Waals surface area contributed by atoms with Crippen LogP contribution in [0.15, 0.2) is 60.7 Å². The zero-order valence-electron chi connectivity index (χ0n) is 12.9. The highest BCUT2D eigenvalue weighted by Crippen LogP contribution is 2.23. The van der Waals surface area contributed by atoms with E-state index >= 15 is 0 Å². The van der Waals surface area contributed by atoms with Gasteiger partial charge in [0.1, 0.15) is 12.6 Å². The average Bonchev–Trinajstić information content (AvgIpc) is 2.95. The number of esters is 1. The zero-order valence-corrected chi connectivity index (χ0v) is 12.9. The molecular formula is C19H19NO3. The molecule has 4 nitrogen and oxygen atoms in total. The van der Waals surface area contributed by atoms with E-state index in [0.717, 1.165) is 11.1 Å². The quantitative estimate of drug-likeness (QED) is 0.798. The lowest BCUT2D eigenvalue weighted by Gasteiger charge is -2.23. The van der Waals surface area contributed by atoms with Crippen LogP contribution in [0.2, 0.25) is 0 Å². The lowest BCUT2D eigenvalue weighted by atomic mass is 10.2. The molecule has 1 amide bonds. The van der Waals surface area contributed by atoms with Crippen molar-refractivity contribution in [3.05, 3.63) is 71.8 Å². The van der Waals surface area contributed by atoms with Gasteiger partial charge >= 0.3 is 5.97 Å². The number of hydrogen-bond donors (Lipinski definition) is 0. The van der Waals surface area contributed by atoms with Crippen LogP contribution in [-0.2, 0) is 27.5 Å². The lowest BCUT2D eigenvalue weighted by molar-refractivity contribution is -0.153. The SMILES string of the molecule is O=C(OCc1ccccc1)C1CCC(=O)N1Cc1ccccc1. The standard InChI is InChI=1S/C19H19NO3/c21-18-12-11-17(20(18)13-15-7-3-1-4-8-15)19(22)23-14-16-9-5-2-6-10-16/h1-10,17H,11-14H2. The Labute approximate surface area is 135 Å². The van der Waals surface area contributed by atoms with Crippen molar-refractivity contribution in [3.63, 3.8) is 0 Å². The molecular weight excluding hydrogens is 290 g/mol. The number of rotatable bonds is 5. The summed E-state index contributed by atoms with van der Waals surface area (Å²) >= 11 is 0. The van der Waals surface area contributed by atoms with Crippen molar-refractivity contribution < 1.29 is 14.3 Å². The summed E-state index contributed by atoms with van der Waals surface area (Å²) in [4.78, 5) is 26.1. The van der Waals surface area contributed by atoms with Crippen LogP contribution in [-0.4, -0.2) is 22.8 Å². The van der Waals surface area contributed by atoms with Gasteiger partial charge in [0, 0.05) is 13.0 Å². The summed E-state index contributed by atoms with van der Waals surface area (Å²) in [7, 11) is 0. The Hall–Kier alpha value is -2.62. The van der Waals surface area contributed by atoms with E-state index in [9.17, 15) is 9.59 Å². The molecule has 0 saturated carbocycles. The molecule has 3 rings (SSSR count). The first-order valence-electron chi connectivity index (χ1n) is 7.78. The molecule has 1 atom stereocenters. The van der Waals surface area contributed by atoms with Crippen LogP contribution in [0.3, 0.4) is 0 Å². The van der Waals surface area contributed by atoms with E-state index < -0.39 is 6.04 Å². The van der Waals surface area contributed by atoms with Gasteiger partial charge in [-0.3, -0.25) is 4.79 Å². The van der Waals surface area contributed by atoms with Gasteiger partial charge in [0.05, 0.1) is 0 Å². The van der Waals surface area contributed by atoms with Gasteiger partial charge < -0.3 is 9.64 Å². The molecule has 1 aliphatic heterocycles. The topological polar surface area (TPSA) is 46.6 Å². The maximum absolute atomic E-state index is 12.3. The molecule has 4 heteroatoms. The molecule has 2 aromatic rings. The van der Waals surface area contributed by atoms with E-state index in [4.69, 9.17) is 4.74 Å². The smallest absolute Gasteiger partial charge is 0.329 e. The fourth-order valence-corrected chi connectivity index (χ4v) is 2.78. The van der Waals surface area contributed by atoms with Crippen molar-refractivity contribution in [2.24, 2.45) is 0 Å². The number of carbonyl (C=O) groups is 2. The first-order chi connectivity index (χ1) is 11.2. The largest absolute Gasteiger partial charge is 0.459 e. The van der Waals surface area contributed by atoms with Crippen LogP contribution in [0.1, 0.15) is 24.0 Å². The molecule has 0 aliphatic carbocycles. The molecule has 1 unspecified atom stereocenters. The monoisotopic (exact) mass is 309 g/mol. The van der Waals surface area contributed by atoms with Crippen LogP contribution in [0.5, 0.6) is 0 Å². The summed E-state index contributed by atoms with van der Waals surface area (Å²) < 4.78 is 5.40. The van der Waals surface area contributed by atoms with E-state index in [1.165, 1.54) is 0 Å². The number of amides is 1. The van der Waals surface area contributed by atoms with Crippen LogP contribution in [0, 0.1) is 0 Å². The van der Waals surface area contributed by atoms with Gasteiger partial charge in [0.25, 0.3) is 0 Å². The van der Waals surface area contributed by atoms with Gasteiger partial charge in [-0.1, -0.05) is 60.7 Å². The maximum atomic E-state index is 12.3. The fraction of sp³-hybridized carbons (Fsp3) is 0.263. The maximum Gasteiger partial charge on any atom is 0.329 e. The lowest BCUT2D eigenvalue weighted by Crippen LogP contribution is -2.39. The van der Waals surface area contributed by atoms with Crippen LogP contribution in [0.25, 0.3) is 0 Å². The third-order valence-corrected chi connectivity index (χ3v) is 4.02. The van der Waals surface area contributed by atoms with E-state index in [-0.39, 0.29) is 18.5 Å². The van der Waals surface area contributed by atoms with E-state index in [2.05, 4.69) is 0 Å². The number of hydrogen-bond acceptors (Lipinski definition) is 3. The van der Waals surface area contributed by atoms with Crippen molar-refractivity contribution in [1.29, 1.82) is 0 Å². The predicted molar refractivity (Wildman–Crippen MR) is 86.3 cm³/mol. The minimum atomic E-state index is -0.480. The molecule has 118 valence electrons. The van der Waals surface area contributed by atoms with Crippen molar-refractivity contribution in [2.75, 3.05) is 0 Å². The van der Waals surface area contributed by atoms with Gasteiger partial charge in [-0.2, -0.15) is 0 Å². The molecule has 1 saturated heterocycles. The highest BCUT2D eigenvalue weighted by atomic mass is 16.5. The van der Waals surface area contributed by atoms with Crippen molar-refractivity contribution >= 4 is 11.9 Å². The molecule has 0 N–H and O–H groups in total. The van der Waals surface area contributed by atoms with Gasteiger partial charge in [0.15, 0.2) is 0 Å². The van der Waals surface area contributed by atoms with E-state index in [0.29, 0.717) is 19.4 Å². The van der Waals surface area contributed by atoms with E-state index in [1.807, 2.05) is 60.7 Å².